The third-order valence-corrected chi connectivity index (χ3v) is 3.64. The van der Waals surface area contributed by atoms with Crippen molar-refractivity contribution in [2.75, 3.05) is 6.61 Å². The van der Waals surface area contributed by atoms with Crippen molar-refractivity contribution < 1.29 is 4.74 Å². The Labute approximate surface area is 117 Å². The summed E-state index contributed by atoms with van der Waals surface area (Å²) in [6, 6.07) is 8.43. The normalized spacial score (nSPS) is 12.4. The number of hydrogen-bond acceptors (Lipinski definition) is 5. The van der Waals surface area contributed by atoms with Gasteiger partial charge in [0.2, 0.25) is 0 Å². The summed E-state index contributed by atoms with van der Waals surface area (Å²) in [5, 5.41) is 13.6. The van der Waals surface area contributed by atoms with E-state index in [1.54, 1.807) is 11.3 Å². The largest absolute Gasteiger partial charge is 0.494 e. The summed E-state index contributed by atoms with van der Waals surface area (Å²) in [5.74, 6) is 0.917. The van der Waals surface area contributed by atoms with E-state index in [4.69, 9.17) is 4.74 Å². The molecule has 0 aliphatic rings. The van der Waals surface area contributed by atoms with Crippen LogP contribution in [0.15, 0.2) is 24.3 Å². The zero-order chi connectivity index (χ0) is 13.7. The fraction of sp³-hybridized carbons (Fsp3) is 0.429. The predicted molar refractivity (Wildman–Crippen MR) is 77.5 cm³/mol. The van der Waals surface area contributed by atoms with Crippen LogP contribution in [0.4, 0.5) is 0 Å². The molecule has 0 fully saturated rings. The van der Waals surface area contributed by atoms with Crippen LogP contribution in [0.5, 0.6) is 5.75 Å². The Hall–Kier alpha value is -1.46. The molecule has 102 valence electrons. The molecule has 0 aliphatic carbocycles. The molecule has 0 saturated heterocycles. The van der Waals surface area contributed by atoms with E-state index < -0.39 is 0 Å². The summed E-state index contributed by atoms with van der Waals surface area (Å²) in [7, 11) is 0. The van der Waals surface area contributed by atoms with Gasteiger partial charge in [-0.25, -0.2) is 0 Å². The standard InChI is InChI=1S/C14H19N3OS/c1-4-18-13-7-5-6-12(8-13)10(2)15-9-14-17-16-11(3)19-14/h5-8,10,15H,4,9H2,1-3H3. The predicted octanol–water partition coefficient (Wildman–Crippen LogP) is 3.10. The molecule has 0 bridgehead atoms. The van der Waals surface area contributed by atoms with Gasteiger partial charge in [0, 0.05) is 6.04 Å². The van der Waals surface area contributed by atoms with E-state index in [1.807, 2.05) is 26.0 Å². The maximum absolute atomic E-state index is 5.51. The summed E-state index contributed by atoms with van der Waals surface area (Å²) in [5.41, 5.74) is 1.21. The van der Waals surface area contributed by atoms with Crippen LogP contribution in [-0.4, -0.2) is 16.8 Å². The lowest BCUT2D eigenvalue weighted by molar-refractivity contribution is 0.339. The molecule has 1 aromatic carbocycles. The molecule has 0 saturated carbocycles. The molecule has 1 unspecified atom stereocenters. The van der Waals surface area contributed by atoms with Crippen LogP contribution in [-0.2, 0) is 6.54 Å². The molecule has 0 aliphatic heterocycles. The van der Waals surface area contributed by atoms with Gasteiger partial charge in [-0.15, -0.1) is 21.5 Å². The van der Waals surface area contributed by atoms with Crippen LogP contribution in [0.1, 0.15) is 35.5 Å². The van der Waals surface area contributed by atoms with Crippen molar-refractivity contribution in [3.63, 3.8) is 0 Å². The molecule has 2 rings (SSSR count). The third-order valence-electron chi connectivity index (χ3n) is 2.80. The Balaban J connectivity index is 1.95. The molecule has 2 aromatic rings. The minimum Gasteiger partial charge on any atom is -0.494 e. The second-order valence-corrected chi connectivity index (χ2v) is 5.59. The topological polar surface area (TPSA) is 47.0 Å². The fourth-order valence-corrected chi connectivity index (χ4v) is 2.47. The number of hydrogen-bond donors (Lipinski definition) is 1. The number of nitrogens with one attached hydrogen (secondary N) is 1. The highest BCUT2D eigenvalue weighted by Crippen LogP contribution is 2.19. The molecular weight excluding hydrogens is 258 g/mol. The molecule has 1 N–H and O–H groups in total. The highest BCUT2D eigenvalue weighted by Gasteiger charge is 2.07. The van der Waals surface area contributed by atoms with E-state index >= 15 is 0 Å². The lowest BCUT2D eigenvalue weighted by Gasteiger charge is -2.14. The van der Waals surface area contributed by atoms with Gasteiger partial charge in [0.05, 0.1) is 13.2 Å². The molecule has 1 atom stereocenters. The average Bonchev–Trinajstić information content (AvgIpc) is 2.82. The second-order valence-electron chi connectivity index (χ2n) is 4.32. The smallest absolute Gasteiger partial charge is 0.131 e. The number of aromatic nitrogens is 2. The van der Waals surface area contributed by atoms with Crippen LogP contribution in [0.3, 0.4) is 0 Å². The minimum absolute atomic E-state index is 0.254. The van der Waals surface area contributed by atoms with E-state index in [-0.39, 0.29) is 6.04 Å². The van der Waals surface area contributed by atoms with Gasteiger partial charge >= 0.3 is 0 Å². The van der Waals surface area contributed by atoms with E-state index in [2.05, 4.69) is 34.6 Å². The third kappa shape index (κ3) is 4.01. The van der Waals surface area contributed by atoms with Gasteiger partial charge in [-0.2, -0.15) is 0 Å². The van der Waals surface area contributed by atoms with Crippen molar-refractivity contribution in [2.45, 2.75) is 33.4 Å². The van der Waals surface area contributed by atoms with Crippen molar-refractivity contribution in [1.82, 2.24) is 15.5 Å². The summed E-state index contributed by atoms with van der Waals surface area (Å²) >= 11 is 1.63. The van der Waals surface area contributed by atoms with Crippen LogP contribution in [0.25, 0.3) is 0 Å². The Morgan fingerprint density at radius 3 is 2.89 bits per heavy atom. The number of aryl methyl sites for hydroxylation is 1. The monoisotopic (exact) mass is 277 g/mol. The minimum atomic E-state index is 0.254. The highest BCUT2D eigenvalue weighted by molar-refractivity contribution is 7.11. The number of ether oxygens (including phenoxy) is 1. The summed E-state index contributed by atoms with van der Waals surface area (Å²) in [6.07, 6.45) is 0. The van der Waals surface area contributed by atoms with Crippen molar-refractivity contribution in [2.24, 2.45) is 0 Å². The summed E-state index contributed by atoms with van der Waals surface area (Å²) in [4.78, 5) is 0. The number of benzene rings is 1. The summed E-state index contributed by atoms with van der Waals surface area (Å²) in [6.45, 7) is 7.53. The Morgan fingerprint density at radius 2 is 2.21 bits per heavy atom. The first kappa shape index (κ1) is 14.0. The van der Waals surface area contributed by atoms with Gasteiger partial charge in [-0.3, -0.25) is 0 Å². The summed E-state index contributed by atoms with van der Waals surface area (Å²) < 4.78 is 5.51. The lowest BCUT2D eigenvalue weighted by atomic mass is 10.1. The van der Waals surface area contributed by atoms with Crippen molar-refractivity contribution in [3.05, 3.63) is 39.8 Å². The first-order chi connectivity index (χ1) is 9.19. The molecule has 0 spiro atoms. The Bertz CT molecular complexity index is 527. The molecule has 0 amide bonds. The van der Waals surface area contributed by atoms with Gasteiger partial charge < -0.3 is 10.1 Å². The first-order valence-electron chi connectivity index (χ1n) is 6.44. The molecular formula is C14H19N3OS. The molecule has 1 aromatic heterocycles. The van der Waals surface area contributed by atoms with Crippen LogP contribution in [0.2, 0.25) is 0 Å². The first-order valence-corrected chi connectivity index (χ1v) is 7.26. The molecule has 4 nitrogen and oxygen atoms in total. The maximum atomic E-state index is 5.51. The zero-order valence-corrected chi connectivity index (χ0v) is 12.3. The number of rotatable bonds is 6. The average molecular weight is 277 g/mol. The van der Waals surface area contributed by atoms with Crippen molar-refractivity contribution in [1.29, 1.82) is 0 Å². The van der Waals surface area contributed by atoms with Crippen LogP contribution < -0.4 is 10.1 Å². The van der Waals surface area contributed by atoms with Gasteiger partial charge in [0.15, 0.2) is 0 Å². The van der Waals surface area contributed by atoms with Crippen molar-refractivity contribution in [3.8, 4) is 5.75 Å². The van der Waals surface area contributed by atoms with Gasteiger partial charge in [-0.1, -0.05) is 12.1 Å². The maximum Gasteiger partial charge on any atom is 0.131 e. The van der Waals surface area contributed by atoms with Crippen LogP contribution in [0, 0.1) is 6.92 Å². The van der Waals surface area contributed by atoms with E-state index in [0.717, 1.165) is 22.3 Å². The van der Waals surface area contributed by atoms with Crippen molar-refractivity contribution >= 4 is 11.3 Å². The molecule has 0 radical (unpaired) electrons. The molecule has 1 heterocycles. The van der Waals surface area contributed by atoms with E-state index in [0.29, 0.717) is 6.61 Å². The lowest BCUT2D eigenvalue weighted by Crippen LogP contribution is -2.18. The quantitative estimate of drug-likeness (QED) is 0.881. The zero-order valence-electron chi connectivity index (χ0n) is 11.5. The van der Waals surface area contributed by atoms with E-state index in [1.165, 1.54) is 5.56 Å². The van der Waals surface area contributed by atoms with Gasteiger partial charge in [0.1, 0.15) is 15.8 Å². The second kappa shape index (κ2) is 6.63. The fourth-order valence-electron chi connectivity index (χ4n) is 1.81. The molecule has 5 heteroatoms. The van der Waals surface area contributed by atoms with E-state index in [9.17, 15) is 0 Å². The Kier molecular flexibility index (Phi) is 4.87. The van der Waals surface area contributed by atoms with Gasteiger partial charge in [-0.05, 0) is 38.5 Å². The van der Waals surface area contributed by atoms with Gasteiger partial charge in [0.25, 0.3) is 0 Å². The Morgan fingerprint density at radius 1 is 1.37 bits per heavy atom. The van der Waals surface area contributed by atoms with Crippen LogP contribution >= 0.6 is 11.3 Å². The highest BCUT2D eigenvalue weighted by atomic mass is 32.1. The molecule has 19 heavy (non-hydrogen) atoms. The SMILES string of the molecule is CCOc1cccc(C(C)NCc2nnc(C)s2)c1. The number of nitrogens with zero attached hydrogens (tertiary/aromatic N) is 2.